The summed E-state index contributed by atoms with van der Waals surface area (Å²) in [5.74, 6) is -1.74. The van der Waals surface area contributed by atoms with Crippen LogP contribution < -0.4 is 0 Å². The van der Waals surface area contributed by atoms with E-state index in [0.29, 0.717) is 0 Å². The first-order valence-electron chi connectivity index (χ1n) is 5.38. The lowest BCUT2D eigenvalue weighted by atomic mass is 9.98. The molecule has 0 aliphatic heterocycles. The molecule has 0 unspecified atom stereocenters. The van der Waals surface area contributed by atoms with Crippen molar-refractivity contribution in [2.45, 2.75) is 0 Å². The molecule has 19 heavy (non-hydrogen) atoms. The highest BCUT2D eigenvalue weighted by atomic mass is 16.1. The Bertz CT molecular complexity index is 643. The smallest absolute Gasteiger partial charge is 0.188 e. The Kier molecular flexibility index (Phi) is 2.56. The van der Waals surface area contributed by atoms with Gasteiger partial charge in [0.15, 0.2) is 16.6 Å². The van der Waals surface area contributed by atoms with Crippen molar-refractivity contribution in [2.75, 3.05) is 0 Å². The van der Waals surface area contributed by atoms with E-state index in [1.165, 1.54) is 12.1 Å². The molecule has 1 aliphatic rings. The first kappa shape index (κ1) is 12.3. The highest BCUT2D eigenvalue weighted by Gasteiger charge is 2.84. The number of benzene rings is 1. The molecule has 1 aromatic carbocycles. The van der Waals surface area contributed by atoms with Gasteiger partial charge in [-0.3, -0.25) is 4.79 Å². The molecule has 0 heterocycles. The predicted octanol–water partition coefficient (Wildman–Crippen LogP) is 1.57. The third-order valence-corrected chi connectivity index (χ3v) is 3.43. The van der Waals surface area contributed by atoms with Crippen molar-refractivity contribution in [3.63, 3.8) is 0 Å². The lowest BCUT2D eigenvalue weighted by molar-refractivity contribution is 0.0954. The number of nitrogens with zero attached hydrogens (tertiary/aromatic N) is 4. The molecular formula is C14H6N4O. The Balaban J connectivity index is 2.52. The zero-order chi connectivity index (χ0) is 14.1. The van der Waals surface area contributed by atoms with Crippen LogP contribution in [0.1, 0.15) is 10.4 Å². The van der Waals surface area contributed by atoms with Crippen molar-refractivity contribution in [2.24, 2.45) is 16.7 Å². The van der Waals surface area contributed by atoms with E-state index in [2.05, 4.69) is 0 Å². The van der Waals surface area contributed by atoms with Crippen molar-refractivity contribution < 1.29 is 4.79 Å². The molecule has 0 radical (unpaired) electrons. The molecule has 1 aliphatic carbocycles. The highest BCUT2D eigenvalue weighted by molar-refractivity contribution is 6.03. The van der Waals surface area contributed by atoms with Crippen LogP contribution in [0.3, 0.4) is 0 Å². The average molecular weight is 246 g/mol. The molecule has 0 atom stereocenters. The maximum absolute atomic E-state index is 12.3. The Morgan fingerprint density at radius 1 is 0.895 bits per heavy atom. The summed E-state index contributed by atoms with van der Waals surface area (Å²) in [5.41, 5.74) is -3.46. The van der Waals surface area contributed by atoms with E-state index < -0.39 is 22.5 Å². The zero-order valence-electron chi connectivity index (χ0n) is 9.66. The van der Waals surface area contributed by atoms with Crippen LogP contribution in [0, 0.1) is 62.1 Å². The first-order valence-corrected chi connectivity index (χ1v) is 5.38. The van der Waals surface area contributed by atoms with Gasteiger partial charge in [-0.1, -0.05) is 30.3 Å². The van der Waals surface area contributed by atoms with Crippen LogP contribution in [0.15, 0.2) is 30.3 Å². The molecule has 1 fully saturated rings. The number of carbonyl (C=O) groups is 1. The number of hydrogen-bond acceptors (Lipinski definition) is 5. The minimum absolute atomic E-state index is 0.287. The van der Waals surface area contributed by atoms with Gasteiger partial charge in [0.05, 0.1) is 30.2 Å². The quantitative estimate of drug-likeness (QED) is 0.735. The van der Waals surface area contributed by atoms with Crippen LogP contribution >= 0.6 is 0 Å². The molecule has 0 aromatic heterocycles. The van der Waals surface area contributed by atoms with Crippen LogP contribution in [-0.2, 0) is 0 Å². The fraction of sp³-hybridized carbons (Fsp3) is 0.214. The lowest BCUT2D eigenvalue weighted by Crippen LogP contribution is -2.08. The summed E-state index contributed by atoms with van der Waals surface area (Å²) >= 11 is 0. The van der Waals surface area contributed by atoms with Gasteiger partial charge in [0, 0.05) is 5.56 Å². The van der Waals surface area contributed by atoms with E-state index >= 15 is 0 Å². The van der Waals surface area contributed by atoms with Crippen molar-refractivity contribution in [1.82, 2.24) is 0 Å². The Hall–Kier alpha value is -3.15. The van der Waals surface area contributed by atoms with E-state index in [1.54, 1.807) is 42.5 Å². The standard InChI is InChI=1S/C14H6N4O/c15-6-13(7-16)12(14(13,8-17)9-18)11(19)10-4-2-1-3-5-10/h1-5,12H. The molecular weight excluding hydrogens is 240 g/mol. The molecule has 0 spiro atoms. The minimum Gasteiger partial charge on any atom is -0.294 e. The summed E-state index contributed by atoms with van der Waals surface area (Å²) in [6.45, 7) is 0. The van der Waals surface area contributed by atoms with Crippen molar-refractivity contribution in [3.05, 3.63) is 35.9 Å². The molecule has 0 saturated heterocycles. The maximum atomic E-state index is 12.3. The second kappa shape index (κ2) is 3.95. The normalized spacial score (nSPS) is 18.1. The number of ketones is 1. The van der Waals surface area contributed by atoms with Gasteiger partial charge in [0.2, 0.25) is 0 Å². The fourth-order valence-corrected chi connectivity index (χ4v) is 2.30. The van der Waals surface area contributed by atoms with Crippen molar-refractivity contribution in [3.8, 4) is 24.3 Å². The Morgan fingerprint density at radius 3 is 1.68 bits per heavy atom. The summed E-state index contributed by atoms with van der Waals surface area (Å²) in [5, 5.41) is 36.4. The summed E-state index contributed by atoms with van der Waals surface area (Å²) in [6.07, 6.45) is 0. The average Bonchev–Trinajstić information content (AvgIpc) is 3.10. The number of rotatable bonds is 2. The molecule has 0 bridgehead atoms. The monoisotopic (exact) mass is 246 g/mol. The second-order valence-corrected chi connectivity index (χ2v) is 4.23. The molecule has 1 aromatic rings. The second-order valence-electron chi connectivity index (χ2n) is 4.23. The van der Waals surface area contributed by atoms with Gasteiger partial charge in [-0.2, -0.15) is 21.0 Å². The molecule has 0 N–H and O–H groups in total. The van der Waals surface area contributed by atoms with E-state index in [1.807, 2.05) is 0 Å². The molecule has 5 nitrogen and oxygen atoms in total. The SMILES string of the molecule is N#CC1(C#N)C(C(=O)c2ccccc2)C1(C#N)C#N. The van der Waals surface area contributed by atoms with E-state index in [-0.39, 0.29) is 5.56 Å². The molecule has 1 saturated carbocycles. The molecule has 88 valence electrons. The third-order valence-electron chi connectivity index (χ3n) is 3.43. The van der Waals surface area contributed by atoms with Crippen LogP contribution in [0.4, 0.5) is 0 Å². The number of Topliss-reactive ketones (excluding diaryl/α,β-unsaturated/α-hetero) is 1. The van der Waals surface area contributed by atoms with Crippen molar-refractivity contribution in [1.29, 1.82) is 21.0 Å². The topological polar surface area (TPSA) is 112 Å². The molecule has 5 heteroatoms. The van der Waals surface area contributed by atoms with E-state index in [9.17, 15) is 4.79 Å². The van der Waals surface area contributed by atoms with Crippen molar-refractivity contribution >= 4 is 5.78 Å². The summed E-state index contributed by atoms with van der Waals surface area (Å²) in [7, 11) is 0. The largest absolute Gasteiger partial charge is 0.294 e. The molecule has 2 rings (SSSR count). The fourth-order valence-electron chi connectivity index (χ4n) is 2.30. The van der Waals surface area contributed by atoms with Gasteiger partial charge >= 0.3 is 0 Å². The van der Waals surface area contributed by atoms with Crippen LogP contribution in [0.5, 0.6) is 0 Å². The number of nitriles is 4. The zero-order valence-corrected chi connectivity index (χ0v) is 9.66. The van der Waals surface area contributed by atoms with Gasteiger partial charge in [-0.15, -0.1) is 0 Å². The molecule has 0 amide bonds. The van der Waals surface area contributed by atoms with Crippen LogP contribution in [-0.4, -0.2) is 5.78 Å². The summed E-state index contributed by atoms with van der Waals surface area (Å²) in [4.78, 5) is 12.3. The van der Waals surface area contributed by atoms with E-state index in [0.717, 1.165) is 0 Å². The number of carbonyl (C=O) groups excluding carboxylic acids is 1. The maximum Gasteiger partial charge on any atom is 0.188 e. The minimum atomic E-state index is -1.87. The van der Waals surface area contributed by atoms with Crippen LogP contribution in [0.2, 0.25) is 0 Å². The van der Waals surface area contributed by atoms with Gasteiger partial charge in [-0.25, -0.2) is 0 Å². The Labute approximate surface area is 109 Å². The van der Waals surface area contributed by atoms with Gasteiger partial charge in [-0.05, 0) is 0 Å². The first-order chi connectivity index (χ1) is 9.13. The lowest BCUT2D eigenvalue weighted by Gasteiger charge is -1.98. The summed E-state index contributed by atoms with van der Waals surface area (Å²) in [6, 6.07) is 14.7. The highest BCUT2D eigenvalue weighted by Crippen LogP contribution is 2.68. The van der Waals surface area contributed by atoms with Crippen LogP contribution in [0.25, 0.3) is 0 Å². The third kappa shape index (κ3) is 1.28. The van der Waals surface area contributed by atoms with E-state index in [4.69, 9.17) is 21.0 Å². The Morgan fingerprint density at radius 2 is 1.32 bits per heavy atom. The summed E-state index contributed by atoms with van der Waals surface area (Å²) < 4.78 is 0. The van der Waals surface area contributed by atoms with Gasteiger partial charge in [0.25, 0.3) is 0 Å². The van der Waals surface area contributed by atoms with Gasteiger partial charge in [0.1, 0.15) is 0 Å². The van der Waals surface area contributed by atoms with Gasteiger partial charge < -0.3 is 0 Å². The predicted molar refractivity (Wildman–Crippen MR) is 61.6 cm³/mol. The number of hydrogen-bond donors (Lipinski definition) is 0.